The lowest BCUT2D eigenvalue weighted by molar-refractivity contribution is 0.380. The number of aromatic hydroxyl groups is 2. The molecule has 0 spiro atoms. The third-order valence-electron chi connectivity index (χ3n) is 2.20. The number of rotatable bonds is 2. The van der Waals surface area contributed by atoms with Crippen molar-refractivity contribution in [3.05, 3.63) is 23.6 Å². The number of hydrogen-bond donors (Lipinski definition) is 3. The van der Waals surface area contributed by atoms with Crippen LogP contribution < -0.4 is 5.73 Å². The fourth-order valence-corrected chi connectivity index (χ4v) is 1.31. The van der Waals surface area contributed by atoms with Crippen LogP contribution in [0.1, 0.15) is 11.5 Å². The Balaban J connectivity index is 2.51. The maximum Gasteiger partial charge on any atom is 0.240 e. The first-order valence-corrected chi connectivity index (χ1v) is 4.67. The predicted octanol–water partition coefficient (Wildman–Crippen LogP) is 0.915. The minimum absolute atomic E-state index is 0.0142. The van der Waals surface area contributed by atoms with Crippen LogP contribution in [-0.4, -0.2) is 20.4 Å². The van der Waals surface area contributed by atoms with Gasteiger partial charge in [0.15, 0.2) is 0 Å². The summed E-state index contributed by atoms with van der Waals surface area (Å²) in [7, 11) is 0. The van der Waals surface area contributed by atoms with Gasteiger partial charge in [-0.1, -0.05) is 5.16 Å². The van der Waals surface area contributed by atoms with Crippen molar-refractivity contribution < 1.29 is 14.7 Å². The summed E-state index contributed by atoms with van der Waals surface area (Å²) in [5.74, 6) is 0.522. The van der Waals surface area contributed by atoms with Crippen LogP contribution >= 0.6 is 0 Å². The monoisotopic (exact) mass is 221 g/mol. The van der Waals surface area contributed by atoms with Gasteiger partial charge in [0.2, 0.25) is 11.7 Å². The largest absolute Gasteiger partial charge is 0.508 e. The summed E-state index contributed by atoms with van der Waals surface area (Å²) in [6.07, 6.45) is 0. The van der Waals surface area contributed by atoms with Gasteiger partial charge in [0.05, 0.1) is 12.1 Å². The first kappa shape index (κ1) is 10.4. The number of phenolic OH excluding ortho intramolecular Hbond substituents is 2. The van der Waals surface area contributed by atoms with E-state index in [0.29, 0.717) is 11.1 Å². The SMILES string of the molecule is Cc1cc(O)c(-c2noc(CN)n2)cc1O. The predicted molar refractivity (Wildman–Crippen MR) is 55.7 cm³/mol. The van der Waals surface area contributed by atoms with Crippen LogP contribution in [0.3, 0.4) is 0 Å². The Kier molecular flexibility index (Phi) is 2.49. The molecule has 1 heterocycles. The van der Waals surface area contributed by atoms with Gasteiger partial charge in [-0.3, -0.25) is 0 Å². The molecule has 0 bridgehead atoms. The van der Waals surface area contributed by atoms with E-state index in [2.05, 4.69) is 10.1 Å². The van der Waals surface area contributed by atoms with Gasteiger partial charge in [-0.2, -0.15) is 4.98 Å². The Morgan fingerprint density at radius 2 is 2.06 bits per heavy atom. The van der Waals surface area contributed by atoms with Crippen molar-refractivity contribution in [1.29, 1.82) is 0 Å². The normalized spacial score (nSPS) is 10.6. The standard InChI is InChI=1S/C10H11N3O3/c1-5-2-8(15)6(3-7(5)14)10-12-9(4-11)16-13-10/h2-3,14-15H,4,11H2,1H3. The third-order valence-corrected chi connectivity index (χ3v) is 2.20. The summed E-state index contributed by atoms with van der Waals surface area (Å²) in [6, 6.07) is 2.82. The average molecular weight is 221 g/mol. The van der Waals surface area contributed by atoms with Crippen LogP contribution in [0, 0.1) is 6.92 Å². The van der Waals surface area contributed by atoms with Crippen molar-refractivity contribution in [2.75, 3.05) is 0 Å². The quantitative estimate of drug-likeness (QED) is 0.651. The van der Waals surface area contributed by atoms with E-state index in [1.807, 2.05) is 0 Å². The molecule has 6 nitrogen and oxygen atoms in total. The van der Waals surface area contributed by atoms with Crippen LogP contribution in [0.25, 0.3) is 11.4 Å². The number of benzene rings is 1. The summed E-state index contributed by atoms with van der Waals surface area (Å²) in [5.41, 5.74) is 6.21. The molecule has 4 N–H and O–H groups in total. The molecule has 0 radical (unpaired) electrons. The zero-order valence-electron chi connectivity index (χ0n) is 8.64. The van der Waals surface area contributed by atoms with E-state index in [1.165, 1.54) is 12.1 Å². The molecular weight excluding hydrogens is 210 g/mol. The molecule has 1 aromatic carbocycles. The summed E-state index contributed by atoms with van der Waals surface area (Å²) < 4.78 is 4.81. The van der Waals surface area contributed by atoms with Gasteiger partial charge in [0, 0.05) is 0 Å². The number of nitrogens with zero attached hydrogens (tertiary/aromatic N) is 2. The topological polar surface area (TPSA) is 105 Å². The van der Waals surface area contributed by atoms with Crippen LogP contribution in [-0.2, 0) is 6.54 Å². The van der Waals surface area contributed by atoms with Gasteiger partial charge in [0.25, 0.3) is 0 Å². The number of nitrogens with two attached hydrogens (primary N) is 1. The molecule has 84 valence electrons. The van der Waals surface area contributed by atoms with E-state index in [9.17, 15) is 10.2 Å². The van der Waals surface area contributed by atoms with E-state index < -0.39 is 0 Å². The maximum atomic E-state index is 9.69. The lowest BCUT2D eigenvalue weighted by Gasteiger charge is -2.03. The fourth-order valence-electron chi connectivity index (χ4n) is 1.31. The molecule has 2 aromatic rings. The van der Waals surface area contributed by atoms with Crippen molar-refractivity contribution >= 4 is 0 Å². The second-order valence-electron chi connectivity index (χ2n) is 3.37. The summed E-state index contributed by atoms with van der Waals surface area (Å²) >= 11 is 0. The minimum Gasteiger partial charge on any atom is -0.508 e. The molecule has 0 fully saturated rings. The first-order valence-electron chi connectivity index (χ1n) is 4.67. The number of aromatic nitrogens is 2. The van der Waals surface area contributed by atoms with E-state index >= 15 is 0 Å². The number of phenols is 2. The van der Waals surface area contributed by atoms with Crippen LogP contribution in [0.15, 0.2) is 16.7 Å². The van der Waals surface area contributed by atoms with Crippen LogP contribution in [0.2, 0.25) is 0 Å². The average Bonchev–Trinajstić information content (AvgIpc) is 2.71. The second kappa shape index (κ2) is 3.82. The van der Waals surface area contributed by atoms with Crippen molar-refractivity contribution in [1.82, 2.24) is 10.1 Å². The molecule has 0 saturated carbocycles. The van der Waals surface area contributed by atoms with Crippen LogP contribution in [0.5, 0.6) is 11.5 Å². The zero-order valence-corrected chi connectivity index (χ0v) is 8.64. The number of hydrogen-bond acceptors (Lipinski definition) is 6. The third kappa shape index (κ3) is 1.70. The Morgan fingerprint density at radius 3 is 2.69 bits per heavy atom. The van der Waals surface area contributed by atoms with Crippen molar-refractivity contribution in [3.8, 4) is 22.9 Å². The summed E-state index contributed by atoms with van der Waals surface area (Å²) in [5, 5.41) is 22.9. The molecule has 6 heteroatoms. The highest BCUT2D eigenvalue weighted by Crippen LogP contribution is 2.32. The Morgan fingerprint density at radius 1 is 1.31 bits per heavy atom. The summed E-state index contributed by atoms with van der Waals surface area (Å²) in [6.45, 7) is 1.81. The van der Waals surface area contributed by atoms with E-state index in [-0.39, 0.29) is 29.8 Å². The highest BCUT2D eigenvalue weighted by atomic mass is 16.5. The molecule has 0 aliphatic heterocycles. The highest BCUT2D eigenvalue weighted by Gasteiger charge is 2.13. The minimum atomic E-state index is -0.0142. The van der Waals surface area contributed by atoms with E-state index in [1.54, 1.807) is 6.92 Å². The molecule has 0 saturated heterocycles. The van der Waals surface area contributed by atoms with Gasteiger partial charge >= 0.3 is 0 Å². The van der Waals surface area contributed by atoms with E-state index in [4.69, 9.17) is 10.3 Å². The Hall–Kier alpha value is -2.08. The Bertz CT molecular complexity index is 522. The molecular formula is C10H11N3O3. The molecule has 0 aliphatic carbocycles. The molecule has 0 aliphatic rings. The fraction of sp³-hybridized carbons (Fsp3) is 0.200. The van der Waals surface area contributed by atoms with Gasteiger partial charge in [-0.15, -0.1) is 0 Å². The molecule has 0 atom stereocenters. The van der Waals surface area contributed by atoms with Gasteiger partial charge in [-0.25, -0.2) is 0 Å². The molecule has 0 unspecified atom stereocenters. The molecule has 0 amide bonds. The van der Waals surface area contributed by atoms with E-state index in [0.717, 1.165) is 0 Å². The van der Waals surface area contributed by atoms with Crippen molar-refractivity contribution in [2.45, 2.75) is 13.5 Å². The maximum absolute atomic E-state index is 9.69. The highest BCUT2D eigenvalue weighted by molar-refractivity contribution is 5.66. The molecule has 2 rings (SSSR count). The van der Waals surface area contributed by atoms with Crippen LogP contribution in [0.4, 0.5) is 0 Å². The lowest BCUT2D eigenvalue weighted by atomic mass is 10.1. The van der Waals surface area contributed by atoms with Crippen molar-refractivity contribution in [2.24, 2.45) is 5.73 Å². The second-order valence-corrected chi connectivity index (χ2v) is 3.37. The first-order chi connectivity index (χ1) is 7.61. The number of aryl methyl sites for hydroxylation is 1. The van der Waals surface area contributed by atoms with Gasteiger partial charge < -0.3 is 20.5 Å². The zero-order chi connectivity index (χ0) is 11.7. The van der Waals surface area contributed by atoms with Gasteiger partial charge in [0.1, 0.15) is 11.5 Å². The molecule has 16 heavy (non-hydrogen) atoms. The van der Waals surface area contributed by atoms with Gasteiger partial charge in [-0.05, 0) is 24.6 Å². The summed E-state index contributed by atoms with van der Waals surface area (Å²) in [4.78, 5) is 3.96. The van der Waals surface area contributed by atoms with Crippen molar-refractivity contribution in [3.63, 3.8) is 0 Å². The lowest BCUT2D eigenvalue weighted by Crippen LogP contribution is -1.95. The molecule has 1 aromatic heterocycles. The Labute approximate surface area is 91.3 Å². The smallest absolute Gasteiger partial charge is 0.240 e.